The van der Waals surface area contributed by atoms with E-state index < -0.39 is 17.7 Å². The van der Waals surface area contributed by atoms with Gasteiger partial charge in [0.1, 0.15) is 11.6 Å². The molecule has 0 spiro atoms. The van der Waals surface area contributed by atoms with Crippen molar-refractivity contribution in [1.82, 2.24) is 9.78 Å². The smallest absolute Gasteiger partial charge is 0.128 e. The molecule has 0 bridgehead atoms. The number of aromatic nitrogens is 2. The fourth-order valence-corrected chi connectivity index (χ4v) is 2.64. The molecule has 0 aliphatic carbocycles. The number of rotatable bonds is 3. The van der Waals surface area contributed by atoms with Gasteiger partial charge in [-0.05, 0) is 29.1 Å². The molecule has 3 aromatic rings. The largest absolute Gasteiger partial charge is 0.256 e. The maximum absolute atomic E-state index is 14.2. The molecule has 1 aromatic heterocycles. The van der Waals surface area contributed by atoms with E-state index in [1.165, 1.54) is 6.07 Å². The van der Waals surface area contributed by atoms with Crippen molar-refractivity contribution in [2.45, 2.75) is 12.5 Å². The number of para-hydroxylation sites is 1. The molecule has 1 unspecified atom stereocenters. The van der Waals surface area contributed by atoms with Crippen molar-refractivity contribution in [2.75, 3.05) is 0 Å². The Labute approximate surface area is 134 Å². The van der Waals surface area contributed by atoms with Gasteiger partial charge < -0.3 is 0 Å². The molecular weight excluding hydrogens is 350 g/mol. The number of hydrogen-bond donors (Lipinski definition) is 0. The zero-order valence-corrected chi connectivity index (χ0v) is 13.0. The second-order valence-electron chi connectivity index (χ2n) is 4.80. The molecule has 0 saturated heterocycles. The molecule has 22 heavy (non-hydrogen) atoms. The molecule has 0 N–H and O–H groups in total. The average molecular weight is 361 g/mol. The molecular formula is C17H11BrF2N2. The van der Waals surface area contributed by atoms with E-state index in [0.29, 0.717) is 6.42 Å². The van der Waals surface area contributed by atoms with Crippen LogP contribution in [-0.2, 0) is 0 Å². The molecule has 1 heterocycles. The van der Waals surface area contributed by atoms with Crippen LogP contribution in [0.5, 0.6) is 0 Å². The summed E-state index contributed by atoms with van der Waals surface area (Å²) in [6.45, 7) is 0. The predicted octanol–water partition coefficient (Wildman–Crippen LogP) is 4.65. The van der Waals surface area contributed by atoms with Crippen molar-refractivity contribution >= 4 is 26.8 Å². The number of fused-ring (bicyclic) bond motifs is 1. The lowest BCUT2D eigenvalue weighted by Gasteiger charge is -2.17. The van der Waals surface area contributed by atoms with Gasteiger partial charge in [-0.1, -0.05) is 24.1 Å². The van der Waals surface area contributed by atoms with Crippen molar-refractivity contribution in [2.24, 2.45) is 0 Å². The number of nitrogens with zero attached hydrogens (tertiary/aromatic N) is 2. The Bertz CT molecular complexity index is 877. The Balaban J connectivity index is 2.17. The van der Waals surface area contributed by atoms with Crippen LogP contribution in [0.15, 0.2) is 48.7 Å². The van der Waals surface area contributed by atoms with Crippen LogP contribution >= 0.6 is 15.9 Å². The van der Waals surface area contributed by atoms with Crippen LogP contribution in [0.3, 0.4) is 0 Å². The maximum atomic E-state index is 14.2. The summed E-state index contributed by atoms with van der Waals surface area (Å²) in [4.78, 5) is 2.62. The third kappa shape index (κ3) is 2.75. The molecule has 3 rings (SSSR count). The summed E-state index contributed by atoms with van der Waals surface area (Å²) in [5.41, 5.74) is 1.09. The Morgan fingerprint density at radius 2 is 2.00 bits per heavy atom. The first-order valence-electron chi connectivity index (χ1n) is 6.66. The summed E-state index contributed by atoms with van der Waals surface area (Å²) in [6, 6.07) is 10.5. The Morgan fingerprint density at radius 1 is 1.18 bits per heavy atom. The topological polar surface area (TPSA) is 17.8 Å². The van der Waals surface area contributed by atoms with Gasteiger partial charge in [0, 0.05) is 33.3 Å². The zero-order valence-electron chi connectivity index (χ0n) is 11.4. The molecule has 2 nitrogen and oxygen atoms in total. The first-order valence-corrected chi connectivity index (χ1v) is 7.45. The third-order valence-corrected chi connectivity index (χ3v) is 3.76. The summed E-state index contributed by atoms with van der Waals surface area (Å²) in [6.07, 6.45) is 2.03. The Hall–Kier alpha value is -2.19. The van der Waals surface area contributed by atoms with Gasteiger partial charge in [-0.2, -0.15) is 5.10 Å². The first kappa shape index (κ1) is 14.7. The van der Waals surface area contributed by atoms with Crippen LogP contribution < -0.4 is 0 Å². The van der Waals surface area contributed by atoms with Gasteiger partial charge >= 0.3 is 0 Å². The van der Waals surface area contributed by atoms with Crippen molar-refractivity contribution in [3.63, 3.8) is 0 Å². The molecule has 0 radical (unpaired) electrons. The standard InChI is InChI=1S/C17H11BrF2N2/c18-9-3-6-17(14-10-13(19)7-8-15(14)20)22-16-5-2-1-4-12(16)11-21-22/h1-2,4-5,7-8,10-11,17H,6H2. The van der Waals surface area contributed by atoms with E-state index in [9.17, 15) is 8.78 Å². The average Bonchev–Trinajstić information content (AvgIpc) is 2.95. The lowest BCUT2D eigenvalue weighted by molar-refractivity contribution is 0.503. The fraction of sp³-hybridized carbons (Fsp3) is 0.118. The molecule has 0 amide bonds. The van der Waals surface area contributed by atoms with Gasteiger partial charge in [0.25, 0.3) is 0 Å². The highest BCUT2D eigenvalue weighted by molar-refractivity contribution is 9.12. The maximum Gasteiger partial charge on any atom is 0.128 e. The van der Waals surface area contributed by atoms with E-state index >= 15 is 0 Å². The Kier molecular flexibility index (Phi) is 4.21. The molecule has 0 aliphatic rings. The van der Waals surface area contributed by atoms with Crippen molar-refractivity contribution in [3.05, 3.63) is 65.9 Å². The van der Waals surface area contributed by atoms with E-state index in [1.54, 1.807) is 10.9 Å². The first-order chi connectivity index (χ1) is 10.7. The molecule has 1 atom stereocenters. The predicted molar refractivity (Wildman–Crippen MR) is 85.6 cm³/mol. The van der Waals surface area contributed by atoms with Gasteiger partial charge in [-0.15, -0.1) is 0 Å². The van der Waals surface area contributed by atoms with Gasteiger partial charge in [-0.3, -0.25) is 4.68 Å². The number of hydrogen-bond acceptors (Lipinski definition) is 1. The van der Waals surface area contributed by atoms with Gasteiger partial charge in [0.2, 0.25) is 0 Å². The number of halogens is 3. The van der Waals surface area contributed by atoms with Crippen LogP contribution in [0.4, 0.5) is 8.78 Å². The molecule has 5 heteroatoms. The fourth-order valence-electron chi connectivity index (χ4n) is 2.47. The van der Waals surface area contributed by atoms with E-state index in [-0.39, 0.29) is 5.56 Å². The SMILES string of the molecule is Fc1ccc(F)c(C(CC#CBr)n2ncc3ccccc32)c1. The molecule has 2 aromatic carbocycles. The summed E-state index contributed by atoms with van der Waals surface area (Å²) >= 11 is 3.04. The lowest BCUT2D eigenvalue weighted by Crippen LogP contribution is -2.13. The van der Waals surface area contributed by atoms with Crippen LogP contribution in [0.1, 0.15) is 18.0 Å². The molecule has 0 fully saturated rings. The van der Waals surface area contributed by atoms with Crippen LogP contribution in [0.25, 0.3) is 10.9 Å². The summed E-state index contributed by atoms with van der Waals surface area (Å²) in [5, 5.41) is 5.28. The van der Waals surface area contributed by atoms with Crippen LogP contribution in [0.2, 0.25) is 0 Å². The summed E-state index contributed by atoms with van der Waals surface area (Å²) in [7, 11) is 0. The van der Waals surface area contributed by atoms with Gasteiger partial charge in [0.05, 0.1) is 17.8 Å². The molecule has 0 saturated carbocycles. The minimum Gasteiger partial charge on any atom is -0.256 e. The molecule has 0 aliphatic heterocycles. The summed E-state index contributed by atoms with van der Waals surface area (Å²) in [5.74, 6) is 1.91. The highest BCUT2D eigenvalue weighted by Crippen LogP contribution is 2.28. The Morgan fingerprint density at radius 3 is 2.82 bits per heavy atom. The van der Waals surface area contributed by atoms with E-state index in [1.807, 2.05) is 24.3 Å². The summed E-state index contributed by atoms with van der Waals surface area (Å²) < 4.78 is 29.4. The second-order valence-corrected chi connectivity index (χ2v) is 5.20. The van der Waals surface area contributed by atoms with Crippen molar-refractivity contribution < 1.29 is 8.78 Å². The normalized spacial score (nSPS) is 12.0. The highest BCUT2D eigenvalue weighted by Gasteiger charge is 2.20. The quantitative estimate of drug-likeness (QED) is 0.621. The highest BCUT2D eigenvalue weighted by atomic mass is 79.9. The van der Waals surface area contributed by atoms with E-state index in [2.05, 4.69) is 31.8 Å². The lowest BCUT2D eigenvalue weighted by atomic mass is 10.0. The number of benzene rings is 2. The monoisotopic (exact) mass is 360 g/mol. The van der Waals surface area contributed by atoms with Crippen molar-refractivity contribution in [3.8, 4) is 10.8 Å². The van der Waals surface area contributed by atoms with Crippen LogP contribution in [-0.4, -0.2) is 9.78 Å². The third-order valence-electron chi connectivity index (χ3n) is 3.48. The van der Waals surface area contributed by atoms with E-state index in [0.717, 1.165) is 23.0 Å². The van der Waals surface area contributed by atoms with E-state index in [4.69, 9.17) is 0 Å². The molecule has 110 valence electrons. The van der Waals surface area contributed by atoms with Gasteiger partial charge in [0.15, 0.2) is 0 Å². The minimum absolute atomic E-state index is 0.240. The van der Waals surface area contributed by atoms with Gasteiger partial charge in [-0.25, -0.2) is 8.78 Å². The minimum atomic E-state index is -0.499. The second kappa shape index (κ2) is 6.29. The van der Waals surface area contributed by atoms with Crippen molar-refractivity contribution in [1.29, 1.82) is 0 Å². The van der Waals surface area contributed by atoms with Crippen LogP contribution in [0, 0.1) is 22.4 Å². The zero-order chi connectivity index (χ0) is 15.5.